The molecule has 0 aliphatic carbocycles. The van der Waals surface area contributed by atoms with E-state index in [4.69, 9.17) is 4.74 Å². The average molecular weight is 305 g/mol. The largest absolute Gasteiger partial charge is 0.496 e. The van der Waals surface area contributed by atoms with Crippen molar-refractivity contribution < 1.29 is 9.13 Å². The summed E-state index contributed by atoms with van der Waals surface area (Å²) in [6, 6.07) is 13.0. The first kappa shape index (κ1) is 15.9. The molecule has 2 rings (SSSR count). The van der Waals surface area contributed by atoms with Crippen LogP contribution in [-0.4, -0.2) is 13.7 Å². The second-order valence-electron chi connectivity index (χ2n) is 4.69. The molecule has 1 N–H and O–H groups in total. The molecule has 0 fully saturated rings. The van der Waals surface area contributed by atoms with Gasteiger partial charge in [0.25, 0.3) is 0 Å². The summed E-state index contributed by atoms with van der Waals surface area (Å²) in [6.07, 6.45) is 0. The van der Waals surface area contributed by atoms with Crippen LogP contribution in [0, 0.1) is 5.82 Å². The zero-order valence-corrected chi connectivity index (χ0v) is 13.3. The van der Waals surface area contributed by atoms with Gasteiger partial charge in [0.15, 0.2) is 0 Å². The van der Waals surface area contributed by atoms with Crippen LogP contribution in [0.15, 0.2) is 52.3 Å². The van der Waals surface area contributed by atoms with Crippen LogP contribution >= 0.6 is 11.8 Å². The number of benzene rings is 2. The lowest BCUT2D eigenvalue weighted by Crippen LogP contribution is -2.18. The minimum absolute atomic E-state index is 0.0999. The van der Waals surface area contributed by atoms with Gasteiger partial charge in [0.1, 0.15) is 11.6 Å². The van der Waals surface area contributed by atoms with Crippen LogP contribution in [0.3, 0.4) is 0 Å². The minimum atomic E-state index is -0.201. The van der Waals surface area contributed by atoms with E-state index in [2.05, 4.69) is 5.32 Å². The summed E-state index contributed by atoms with van der Waals surface area (Å²) < 4.78 is 19.6. The summed E-state index contributed by atoms with van der Waals surface area (Å²) in [4.78, 5) is 1.56. The fourth-order valence-electron chi connectivity index (χ4n) is 2.20. The Morgan fingerprint density at radius 2 is 1.95 bits per heavy atom. The van der Waals surface area contributed by atoms with Crippen LogP contribution < -0.4 is 10.1 Å². The minimum Gasteiger partial charge on any atom is -0.496 e. The summed E-state index contributed by atoms with van der Waals surface area (Å²) in [5.74, 6) is 0.556. The van der Waals surface area contributed by atoms with Crippen LogP contribution in [0.1, 0.15) is 25.5 Å². The van der Waals surface area contributed by atoms with Crippen molar-refractivity contribution in [3.63, 3.8) is 0 Å². The van der Waals surface area contributed by atoms with E-state index in [1.165, 1.54) is 17.8 Å². The molecule has 0 radical (unpaired) electrons. The maximum atomic E-state index is 14.3. The molecule has 0 saturated heterocycles. The normalized spacial score (nSPS) is 12.2. The molecule has 0 aliphatic rings. The highest BCUT2D eigenvalue weighted by atomic mass is 32.2. The highest BCUT2D eigenvalue weighted by molar-refractivity contribution is 7.99. The number of nitrogens with one attached hydrogen (secondary N) is 1. The van der Waals surface area contributed by atoms with Gasteiger partial charge in [0, 0.05) is 6.04 Å². The Balaban J connectivity index is 2.39. The van der Waals surface area contributed by atoms with Gasteiger partial charge in [0.2, 0.25) is 0 Å². The second-order valence-corrected chi connectivity index (χ2v) is 5.74. The Hall–Kier alpha value is -1.52. The first-order chi connectivity index (χ1) is 10.2. The molecule has 112 valence electrons. The smallest absolute Gasteiger partial charge is 0.137 e. The first-order valence-electron chi connectivity index (χ1n) is 7.00. The standard InChI is InChI=1S/C17H20FNOS/c1-4-19-12(2)13-8-7-9-14(18)17(13)21-16-11-6-5-10-15(16)20-3/h5-12,19H,4H2,1-3H3. The lowest BCUT2D eigenvalue weighted by molar-refractivity contribution is 0.405. The van der Waals surface area contributed by atoms with Gasteiger partial charge in [-0.3, -0.25) is 0 Å². The van der Waals surface area contributed by atoms with Gasteiger partial charge in [-0.15, -0.1) is 0 Å². The summed E-state index contributed by atoms with van der Waals surface area (Å²) >= 11 is 1.41. The monoisotopic (exact) mass is 305 g/mol. The van der Waals surface area contributed by atoms with Crippen LogP contribution in [0.5, 0.6) is 5.75 Å². The topological polar surface area (TPSA) is 21.3 Å². The predicted molar refractivity (Wildman–Crippen MR) is 85.6 cm³/mol. The van der Waals surface area contributed by atoms with Crippen molar-refractivity contribution in [1.82, 2.24) is 5.32 Å². The van der Waals surface area contributed by atoms with E-state index in [9.17, 15) is 4.39 Å². The number of para-hydroxylation sites is 1. The molecule has 21 heavy (non-hydrogen) atoms. The molecule has 0 saturated carbocycles. The van der Waals surface area contributed by atoms with Gasteiger partial charge < -0.3 is 10.1 Å². The Kier molecular flexibility index (Phi) is 5.65. The van der Waals surface area contributed by atoms with E-state index in [0.717, 1.165) is 22.8 Å². The van der Waals surface area contributed by atoms with E-state index in [-0.39, 0.29) is 11.9 Å². The third kappa shape index (κ3) is 3.77. The van der Waals surface area contributed by atoms with Crippen molar-refractivity contribution in [2.75, 3.05) is 13.7 Å². The molecule has 2 aromatic rings. The van der Waals surface area contributed by atoms with E-state index < -0.39 is 0 Å². The zero-order valence-electron chi connectivity index (χ0n) is 12.5. The van der Waals surface area contributed by atoms with Crippen molar-refractivity contribution >= 4 is 11.8 Å². The number of halogens is 1. The third-order valence-electron chi connectivity index (χ3n) is 3.26. The molecule has 0 aromatic heterocycles. The second kappa shape index (κ2) is 7.48. The van der Waals surface area contributed by atoms with Gasteiger partial charge >= 0.3 is 0 Å². The molecule has 1 unspecified atom stereocenters. The zero-order chi connectivity index (χ0) is 15.2. The predicted octanol–water partition coefficient (Wildman–Crippen LogP) is 4.66. The number of hydrogen-bond donors (Lipinski definition) is 1. The summed E-state index contributed by atoms with van der Waals surface area (Å²) in [7, 11) is 1.63. The maximum absolute atomic E-state index is 14.3. The molecular formula is C17H20FNOS. The quantitative estimate of drug-likeness (QED) is 0.839. The van der Waals surface area contributed by atoms with Crippen LogP contribution in [0.25, 0.3) is 0 Å². The number of ether oxygens (including phenoxy) is 1. The van der Waals surface area contributed by atoms with Gasteiger partial charge in [-0.2, -0.15) is 0 Å². The molecule has 2 nitrogen and oxygen atoms in total. The van der Waals surface area contributed by atoms with Gasteiger partial charge in [0.05, 0.1) is 16.9 Å². The highest BCUT2D eigenvalue weighted by Gasteiger charge is 2.16. The molecule has 0 aliphatic heterocycles. The average Bonchev–Trinajstić information content (AvgIpc) is 2.50. The Morgan fingerprint density at radius 1 is 1.19 bits per heavy atom. The van der Waals surface area contributed by atoms with E-state index in [0.29, 0.717) is 4.90 Å². The molecule has 1 atom stereocenters. The lowest BCUT2D eigenvalue weighted by atomic mass is 10.1. The van der Waals surface area contributed by atoms with Crippen LogP contribution in [0.2, 0.25) is 0 Å². The van der Waals surface area contributed by atoms with Crippen LogP contribution in [-0.2, 0) is 0 Å². The van der Waals surface area contributed by atoms with Gasteiger partial charge in [-0.1, -0.05) is 43.0 Å². The summed E-state index contributed by atoms with van der Waals surface area (Å²) in [5, 5.41) is 3.33. The number of methoxy groups -OCH3 is 1. The number of hydrogen-bond acceptors (Lipinski definition) is 3. The van der Waals surface area contributed by atoms with E-state index in [1.54, 1.807) is 13.2 Å². The fraction of sp³-hybridized carbons (Fsp3) is 0.294. The molecule has 0 bridgehead atoms. The Labute approximate surface area is 129 Å². The number of rotatable bonds is 6. The molecular weight excluding hydrogens is 285 g/mol. The fourth-order valence-corrected chi connectivity index (χ4v) is 3.35. The molecule has 0 spiro atoms. The van der Waals surface area contributed by atoms with Crippen LogP contribution in [0.4, 0.5) is 4.39 Å². The molecule has 4 heteroatoms. The van der Waals surface area contributed by atoms with Gasteiger partial charge in [-0.05, 0) is 37.2 Å². The van der Waals surface area contributed by atoms with E-state index >= 15 is 0 Å². The first-order valence-corrected chi connectivity index (χ1v) is 7.81. The lowest BCUT2D eigenvalue weighted by Gasteiger charge is -2.18. The van der Waals surface area contributed by atoms with Crippen molar-refractivity contribution in [2.24, 2.45) is 0 Å². The summed E-state index contributed by atoms with van der Waals surface area (Å²) in [5.41, 5.74) is 0.966. The molecule has 0 heterocycles. The Bertz CT molecular complexity index is 603. The highest BCUT2D eigenvalue weighted by Crippen LogP contribution is 2.39. The summed E-state index contributed by atoms with van der Waals surface area (Å²) in [6.45, 7) is 4.93. The third-order valence-corrected chi connectivity index (χ3v) is 4.45. The van der Waals surface area contributed by atoms with Crippen molar-refractivity contribution in [2.45, 2.75) is 29.7 Å². The SMILES string of the molecule is CCNC(C)c1cccc(F)c1Sc1ccccc1OC. The van der Waals surface area contributed by atoms with Crippen molar-refractivity contribution in [1.29, 1.82) is 0 Å². The van der Waals surface area contributed by atoms with Crippen molar-refractivity contribution in [3.05, 3.63) is 53.8 Å². The van der Waals surface area contributed by atoms with Gasteiger partial charge in [-0.25, -0.2) is 4.39 Å². The molecule has 0 amide bonds. The van der Waals surface area contributed by atoms with Crippen molar-refractivity contribution in [3.8, 4) is 5.75 Å². The van der Waals surface area contributed by atoms with E-state index in [1.807, 2.05) is 44.2 Å². The Morgan fingerprint density at radius 3 is 2.67 bits per heavy atom. The maximum Gasteiger partial charge on any atom is 0.137 e. The molecule has 2 aromatic carbocycles.